The lowest BCUT2D eigenvalue weighted by Crippen LogP contribution is -2.21. The lowest BCUT2D eigenvalue weighted by Gasteiger charge is -2.28. The first-order valence-corrected chi connectivity index (χ1v) is 9.25. The molecule has 1 aromatic heterocycles. The van der Waals surface area contributed by atoms with Gasteiger partial charge >= 0.3 is 0 Å². The van der Waals surface area contributed by atoms with Crippen molar-refractivity contribution in [2.24, 2.45) is 10.9 Å². The lowest BCUT2D eigenvalue weighted by molar-refractivity contribution is 0.411. The molecule has 1 aliphatic rings. The van der Waals surface area contributed by atoms with Gasteiger partial charge in [-0.2, -0.15) is 0 Å². The summed E-state index contributed by atoms with van der Waals surface area (Å²) in [6, 6.07) is 6.23. The highest BCUT2D eigenvalue weighted by molar-refractivity contribution is 6.36. The maximum atomic E-state index is 6.31. The van der Waals surface area contributed by atoms with E-state index in [0.717, 1.165) is 35.6 Å². The molecule has 1 atom stereocenters. The summed E-state index contributed by atoms with van der Waals surface area (Å²) in [5.74, 6) is 1.88. The highest BCUT2D eigenvalue weighted by Crippen LogP contribution is 2.37. The molecule has 1 aromatic carbocycles. The molecular formula is C20H22Cl2N2O. The molecule has 0 amide bonds. The molecule has 0 aliphatic carbocycles. The van der Waals surface area contributed by atoms with Crippen molar-refractivity contribution >= 4 is 28.9 Å². The van der Waals surface area contributed by atoms with Crippen LogP contribution in [0.2, 0.25) is 10.0 Å². The van der Waals surface area contributed by atoms with Crippen LogP contribution < -0.4 is 4.74 Å². The van der Waals surface area contributed by atoms with E-state index in [2.05, 4.69) is 31.0 Å². The first-order chi connectivity index (χ1) is 12.0. The van der Waals surface area contributed by atoms with Crippen molar-refractivity contribution < 1.29 is 4.74 Å². The van der Waals surface area contributed by atoms with Gasteiger partial charge in [0.2, 0.25) is 0 Å². The molecule has 0 bridgehead atoms. The Labute approximate surface area is 159 Å². The fraction of sp³-hybridized carbons (Fsp3) is 0.400. The number of hydrogen-bond donors (Lipinski definition) is 0. The summed E-state index contributed by atoms with van der Waals surface area (Å²) in [5, 5.41) is 1.13. The molecule has 5 heteroatoms. The number of ether oxygens (including phenoxy) is 1. The van der Waals surface area contributed by atoms with E-state index in [4.69, 9.17) is 32.9 Å². The second-order valence-electron chi connectivity index (χ2n) is 6.80. The Hall–Kier alpha value is -1.58. The number of aliphatic imine (C=N–C) groups is 1. The predicted octanol–water partition coefficient (Wildman–Crippen LogP) is 5.57. The number of nitrogens with zero attached hydrogens (tertiary/aromatic N) is 2. The van der Waals surface area contributed by atoms with E-state index in [0.29, 0.717) is 28.3 Å². The largest absolute Gasteiger partial charge is 0.496 e. The maximum absolute atomic E-state index is 6.31. The SMILES string of the molecule is COc1cccc2c1C(Cc1c(Cl)cncc1Cl)=NCC2CC(C)C. The molecule has 1 aliphatic heterocycles. The summed E-state index contributed by atoms with van der Waals surface area (Å²) in [6.45, 7) is 5.28. The third-order valence-electron chi connectivity index (χ3n) is 4.56. The standard InChI is InChI=1S/C20H22Cl2N2O/c1-12(2)7-13-9-24-18(8-15-16(21)10-23-11-17(15)22)20-14(13)5-4-6-19(20)25-3/h4-6,10-13H,7-9H2,1-3H3. The molecule has 2 heterocycles. The van der Waals surface area contributed by atoms with Gasteiger partial charge in [0.05, 0.1) is 22.9 Å². The van der Waals surface area contributed by atoms with Crippen molar-refractivity contribution in [2.75, 3.05) is 13.7 Å². The van der Waals surface area contributed by atoms with Crippen LogP contribution in [0.1, 0.15) is 42.9 Å². The van der Waals surface area contributed by atoms with E-state index in [1.165, 1.54) is 5.56 Å². The zero-order valence-electron chi connectivity index (χ0n) is 14.7. The van der Waals surface area contributed by atoms with Gasteiger partial charge in [-0.1, -0.05) is 49.2 Å². The summed E-state index contributed by atoms with van der Waals surface area (Å²) in [7, 11) is 1.70. The minimum atomic E-state index is 0.414. The van der Waals surface area contributed by atoms with Crippen molar-refractivity contribution in [3.05, 3.63) is 57.3 Å². The Balaban J connectivity index is 2.04. The second kappa shape index (κ2) is 7.76. The van der Waals surface area contributed by atoms with Crippen molar-refractivity contribution in [2.45, 2.75) is 32.6 Å². The Morgan fingerprint density at radius 2 is 1.92 bits per heavy atom. The van der Waals surface area contributed by atoms with Gasteiger partial charge in [0, 0.05) is 36.8 Å². The first kappa shape index (κ1) is 18.2. The molecule has 0 saturated heterocycles. The minimum Gasteiger partial charge on any atom is -0.496 e. The van der Waals surface area contributed by atoms with Gasteiger partial charge in [-0.3, -0.25) is 9.98 Å². The number of hydrogen-bond acceptors (Lipinski definition) is 3. The average Bonchev–Trinajstić information content (AvgIpc) is 2.59. The summed E-state index contributed by atoms with van der Waals surface area (Å²) >= 11 is 12.6. The maximum Gasteiger partial charge on any atom is 0.128 e. The molecule has 3 rings (SSSR count). The quantitative estimate of drug-likeness (QED) is 0.683. The van der Waals surface area contributed by atoms with Crippen LogP contribution in [0.5, 0.6) is 5.75 Å². The van der Waals surface area contributed by atoms with E-state index in [-0.39, 0.29) is 0 Å². The average molecular weight is 377 g/mol. The molecule has 0 spiro atoms. The van der Waals surface area contributed by atoms with Crippen molar-refractivity contribution in [3.63, 3.8) is 0 Å². The van der Waals surface area contributed by atoms with E-state index >= 15 is 0 Å². The van der Waals surface area contributed by atoms with Crippen LogP contribution in [-0.4, -0.2) is 24.4 Å². The van der Waals surface area contributed by atoms with Crippen molar-refractivity contribution in [3.8, 4) is 5.75 Å². The van der Waals surface area contributed by atoms with Gasteiger partial charge in [0.1, 0.15) is 5.75 Å². The third kappa shape index (κ3) is 3.83. The number of halogens is 2. The van der Waals surface area contributed by atoms with Gasteiger partial charge in [0.25, 0.3) is 0 Å². The van der Waals surface area contributed by atoms with Crippen molar-refractivity contribution in [1.82, 2.24) is 4.98 Å². The molecule has 0 radical (unpaired) electrons. The molecule has 1 unspecified atom stereocenters. The third-order valence-corrected chi connectivity index (χ3v) is 5.21. The summed E-state index contributed by atoms with van der Waals surface area (Å²) < 4.78 is 5.64. The first-order valence-electron chi connectivity index (χ1n) is 8.49. The van der Waals surface area contributed by atoms with Crippen LogP contribution in [0.25, 0.3) is 0 Å². The zero-order valence-corrected chi connectivity index (χ0v) is 16.2. The van der Waals surface area contributed by atoms with E-state index in [1.54, 1.807) is 19.5 Å². The lowest BCUT2D eigenvalue weighted by atomic mass is 9.82. The van der Waals surface area contributed by atoms with E-state index in [9.17, 15) is 0 Å². The number of rotatable bonds is 5. The second-order valence-corrected chi connectivity index (χ2v) is 7.61. The highest BCUT2D eigenvalue weighted by Gasteiger charge is 2.27. The van der Waals surface area contributed by atoms with Gasteiger partial charge < -0.3 is 4.74 Å². The van der Waals surface area contributed by atoms with Crippen LogP contribution in [0, 0.1) is 5.92 Å². The Morgan fingerprint density at radius 3 is 2.56 bits per heavy atom. The number of fused-ring (bicyclic) bond motifs is 1. The van der Waals surface area contributed by atoms with Gasteiger partial charge in [-0.15, -0.1) is 0 Å². The van der Waals surface area contributed by atoms with Crippen LogP contribution in [-0.2, 0) is 6.42 Å². The normalized spacial score (nSPS) is 16.6. The molecule has 0 N–H and O–H groups in total. The summed E-state index contributed by atoms with van der Waals surface area (Å²) in [6.07, 6.45) is 4.92. The number of benzene rings is 1. The fourth-order valence-corrected chi connectivity index (χ4v) is 3.95. The monoisotopic (exact) mass is 376 g/mol. The summed E-state index contributed by atoms with van der Waals surface area (Å²) in [5.41, 5.74) is 4.23. The van der Waals surface area contributed by atoms with Crippen LogP contribution >= 0.6 is 23.2 Å². The summed E-state index contributed by atoms with van der Waals surface area (Å²) in [4.78, 5) is 8.92. The van der Waals surface area contributed by atoms with E-state index in [1.807, 2.05) is 6.07 Å². The van der Waals surface area contributed by atoms with E-state index < -0.39 is 0 Å². The smallest absolute Gasteiger partial charge is 0.128 e. The molecule has 0 fully saturated rings. The van der Waals surface area contributed by atoms with Crippen LogP contribution in [0.15, 0.2) is 35.6 Å². The molecular weight excluding hydrogens is 355 g/mol. The van der Waals surface area contributed by atoms with Crippen molar-refractivity contribution in [1.29, 1.82) is 0 Å². The number of aromatic nitrogens is 1. The Bertz CT molecular complexity index is 782. The Morgan fingerprint density at radius 1 is 1.20 bits per heavy atom. The molecule has 2 aromatic rings. The molecule has 0 saturated carbocycles. The van der Waals surface area contributed by atoms with Gasteiger partial charge in [-0.25, -0.2) is 0 Å². The topological polar surface area (TPSA) is 34.5 Å². The van der Waals surface area contributed by atoms with Crippen LogP contribution in [0.3, 0.4) is 0 Å². The minimum absolute atomic E-state index is 0.414. The van der Waals surface area contributed by atoms with Crippen LogP contribution in [0.4, 0.5) is 0 Å². The molecule has 3 nitrogen and oxygen atoms in total. The zero-order chi connectivity index (χ0) is 18.0. The highest BCUT2D eigenvalue weighted by atomic mass is 35.5. The number of methoxy groups -OCH3 is 1. The molecule has 25 heavy (non-hydrogen) atoms. The Kier molecular flexibility index (Phi) is 5.65. The van der Waals surface area contributed by atoms with Gasteiger partial charge in [-0.05, 0) is 29.5 Å². The molecule has 132 valence electrons. The van der Waals surface area contributed by atoms with Gasteiger partial charge in [0.15, 0.2) is 0 Å². The fourth-order valence-electron chi connectivity index (χ4n) is 3.45. The predicted molar refractivity (Wildman–Crippen MR) is 105 cm³/mol. The number of pyridine rings is 1.